The molecule has 8 saturated carbocycles. The molecule has 0 aliphatic heterocycles. The van der Waals surface area contributed by atoms with Crippen molar-refractivity contribution < 1.29 is 10.2 Å². The molecular weight excluding hydrogens is 296 g/mol. The van der Waals surface area contributed by atoms with Crippen LogP contribution in [-0.2, 0) is 0 Å². The van der Waals surface area contributed by atoms with E-state index in [4.69, 9.17) is 0 Å². The first-order valence-corrected chi connectivity index (χ1v) is 10.5. The molecule has 2 heteroatoms. The number of hydrogen-bond donors (Lipinski definition) is 2. The zero-order chi connectivity index (χ0) is 16.1. The first kappa shape index (κ1) is 14.6. The van der Waals surface area contributed by atoms with E-state index in [-0.39, 0.29) is 11.5 Å². The van der Waals surface area contributed by atoms with Gasteiger partial charge in [-0.2, -0.15) is 0 Å². The molecule has 0 unspecified atom stereocenters. The van der Waals surface area contributed by atoms with Crippen LogP contribution >= 0.6 is 0 Å². The number of rotatable bonds is 0. The van der Waals surface area contributed by atoms with Crippen molar-refractivity contribution >= 4 is 0 Å². The SMILES string of the molecule is O[C@H]1C2C[C@H]3C[C@H](C2)CC1(C#CC1(O)C2CC4CC(C2)CC1C4)C3. The summed E-state index contributed by atoms with van der Waals surface area (Å²) in [6, 6.07) is 0. The van der Waals surface area contributed by atoms with Gasteiger partial charge in [-0.05, 0) is 106 Å². The number of hydrogen-bond acceptors (Lipinski definition) is 2. The molecule has 2 nitrogen and oxygen atoms in total. The topological polar surface area (TPSA) is 40.5 Å². The summed E-state index contributed by atoms with van der Waals surface area (Å²) in [4.78, 5) is 0. The molecule has 0 radical (unpaired) electrons. The molecule has 8 fully saturated rings. The van der Waals surface area contributed by atoms with Crippen molar-refractivity contribution in [1.82, 2.24) is 0 Å². The first-order chi connectivity index (χ1) is 11.5. The van der Waals surface area contributed by atoms with Crippen LogP contribution in [0.2, 0.25) is 0 Å². The highest BCUT2D eigenvalue weighted by Crippen LogP contribution is 2.61. The van der Waals surface area contributed by atoms with E-state index in [2.05, 4.69) is 11.8 Å². The molecule has 2 N–H and O–H groups in total. The van der Waals surface area contributed by atoms with Crippen LogP contribution in [0.3, 0.4) is 0 Å². The molecular formula is C22H30O2. The normalized spacial score (nSPS) is 62.6. The maximum Gasteiger partial charge on any atom is 0.131 e. The van der Waals surface area contributed by atoms with E-state index in [1.54, 1.807) is 0 Å². The molecule has 0 aromatic carbocycles. The third-order valence-corrected chi connectivity index (χ3v) is 9.15. The van der Waals surface area contributed by atoms with E-state index < -0.39 is 5.60 Å². The Bertz CT molecular complexity index is 584. The zero-order valence-electron chi connectivity index (χ0n) is 14.6. The average molecular weight is 326 g/mol. The molecule has 3 atom stereocenters. The lowest BCUT2D eigenvalue weighted by Gasteiger charge is -2.58. The highest BCUT2D eigenvalue weighted by molar-refractivity contribution is 5.29. The third kappa shape index (κ3) is 1.81. The van der Waals surface area contributed by atoms with Crippen LogP contribution in [0.15, 0.2) is 0 Å². The first-order valence-electron chi connectivity index (χ1n) is 10.5. The van der Waals surface area contributed by atoms with Gasteiger partial charge >= 0.3 is 0 Å². The van der Waals surface area contributed by atoms with Gasteiger partial charge in [0.15, 0.2) is 0 Å². The summed E-state index contributed by atoms with van der Waals surface area (Å²) in [6.07, 6.45) is 11.9. The molecule has 8 aliphatic carbocycles. The van der Waals surface area contributed by atoms with Crippen LogP contribution in [-0.4, -0.2) is 21.9 Å². The molecule has 8 bridgehead atoms. The monoisotopic (exact) mass is 326 g/mol. The Hall–Kier alpha value is -0.520. The molecule has 0 heterocycles. The second kappa shape index (κ2) is 4.60. The summed E-state index contributed by atoms with van der Waals surface area (Å²) in [6.45, 7) is 0. The fraction of sp³-hybridized carbons (Fsp3) is 0.909. The lowest BCUT2D eigenvalue weighted by molar-refractivity contribution is -0.139. The Labute approximate surface area is 145 Å². The minimum Gasteiger partial charge on any atom is -0.391 e. The Morgan fingerprint density at radius 1 is 0.667 bits per heavy atom. The summed E-state index contributed by atoms with van der Waals surface area (Å²) >= 11 is 0. The lowest BCUT2D eigenvalue weighted by Crippen LogP contribution is -2.58. The van der Waals surface area contributed by atoms with E-state index >= 15 is 0 Å². The fourth-order valence-electron chi connectivity index (χ4n) is 8.52. The second-order valence-electron chi connectivity index (χ2n) is 10.6. The smallest absolute Gasteiger partial charge is 0.131 e. The minimum atomic E-state index is -0.740. The molecule has 0 spiro atoms. The maximum absolute atomic E-state index is 11.5. The molecule has 0 saturated heterocycles. The predicted octanol–water partition coefficient (Wildman–Crippen LogP) is 3.36. The Morgan fingerprint density at radius 3 is 1.79 bits per heavy atom. The fourth-order valence-corrected chi connectivity index (χ4v) is 8.52. The van der Waals surface area contributed by atoms with Gasteiger partial charge in [0.2, 0.25) is 0 Å². The molecule has 130 valence electrons. The standard InChI is InChI=1S/C22H30O2/c23-20-17-5-15-4-16(6-17)12-21(20,11-15)1-2-22(24)18-7-13-3-14(9-18)10-19(22)8-13/h13-20,23-24H,3-12H2/t13?,14?,15-,16-,17?,18?,19?,20+,21?,22?/m1/s1. The minimum absolute atomic E-state index is 0.181. The third-order valence-electron chi connectivity index (χ3n) is 9.15. The molecule has 8 aliphatic rings. The van der Waals surface area contributed by atoms with E-state index in [0.29, 0.717) is 17.8 Å². The van der Waals surface area contributed by atoms with Crippen molar-refractivity contribution in [3.05, 3.63) is 0 Å². The molecule has 0 aromatic heterocycles. The molecule has 8 rings (SSSR count). The van der Waals surface area contributed by atoms with Crippen molar-refractivity contribution in [2.75, 3.05) is 0 Å². The summed E-state index contributed by atoms with van der Waals surface area (Å²) in [5.41, 5.74) is -0.921. The van der Waals surface area contributed by atoms with Crippen LogP contribution in [0.25, 0.3) is 0 Å². The number of aliphatic hydroxyl groups is 2. The summed E-state index contributed by atoms with van der Waals surface area (Å²) in [7, 11) is 0. The van der Waals surface area contributed by atoms with Crippen molar-refractivity contribution in [3.63, 3.8) is 0 Å². The van der Waals surface area contributed by atoms with Gasteiger partial charge in [0, 0.05) is 0 Å². The summed E-state index contributed by atoms with van der Waals surface area (Å²) < 4.78 is 0. The van der Waals surface area contributed by atoms with Gasteiger partial charge in [0.25, 0.3) is 0 Å². The molecule has 0 amide bonds. The predicted molar refractivity (Wildman–Crippen MR) is 91.8 cm³/mol. The Kier molecular flexibility index (Phi) is 2.80. The van der Waals surface area contributed by atoms with Crippen molar-refractivity contribution in [1.29, 1.82) is 0 Å². The van der Waals surface area contributed by atoms with Gasteiger partial charge < -0.3 is 10.2 Å². The summed E-state index contributed by atoms with van der Waals surface area (Å²) in [5.74, 6) is 11.7. The van der Waals surface area contributed by atoms with Crippen molar-refractivity contribution in [2.24, 2.45) is 46.8 Å². The van der Waals surface area contributed by atoms with E-state index in [1.165, 1.54) is 51.4 Å². The zero-order valence-corrected chi connectivity index (χ0v) is 14.6. The van der Waals surface area contributed by atoms with Crippen LogP contribution < -0.4 is 0 Å². The highest BCUT2D eigenvalue weighted by Gasteiger charge is 2.58. The van der Waals surface area contributed by atoms with Gasteiger partial charge in [0.05, 0.1) is 11.5 Å². The van der Waals surface area contributed by atoms with Gasteiger partial charge in [-0.15, -0.1) is 0 Å². The second-order valence-corrected chi connectivity index (χ2v) is 10.6. The lowest BCUT2D eigenvalue weighted by atomic mass is 9.47. The van der Waals surface area contributed by atoms with Gasteiger partial charge in [-0.3, -0.25) is 0 Å². The van der Waals surface area contributed by atoms with Crippen LogP contribution in [0, 0.1) is 58.7 Å². The van der Waals surface area contributed by atoms with Gasteiger partial charge in [0.1, 0.15) is 5.60 Å². The van der Waals surface area contributed by atoms with Gasteiger partial charge in [-0.1, -0.05) is 11.8 Å². The molecule has 24 heavy (non-hydrogen) atoms. The maximum atomic E-state index is 11.5. The number of aliphatic hydroxyl groups excluding tert-OH is 1. The van der Waals surface area contributed by atoms with Crippen LogP contribution in [0.5, 0.6) is 0 Å². The Balaban J connectivity index is 1.35. The van der Waals surface area contributed by atoms with Gasteiger partial charge in [-0.25, -0.2) is 0 Å². The molecule has 0 aromatic rings. The largest absolute Gasteiger partial charge is 0.391 e. The van der Waals surface area contributed by atoms with Crippen LogP contribution in [0.4, 0.5) is 0 Å². The van der Waals surface area contributed by atoms with Crippen LogP contribution in [0.1, 0.15) is 64.2 Å². The Morgan fingerprint density at radius 2 is 1.21 bits per heavy atom. The highest BCUT2D eigenvalue weighted by atomic mass is 16.3. The summed E-state index contributed by atoms with van der Waals surface area (Å²) in [5, 5.41) is 22.5. The van der Waals surface area contributed by atoms with Crippen molar-refractivity contribution in [3.8, 4) is 11.8 Å². The van der Waals surface area contributed by atoms with Crippen molar-refractivity contribution in [2.45, 2.75) is 75.9 Å². The average Bonchev–Trinajstić information content (AvgIpc) is 2.54. The van der Waals surface area contributed by atoms with E-state index in [1.807, 2.05) is 0 Å². The quantitative estimate of drug-likeness (QED) is 0.670. The van der Waals surface area contributed by atoms with E-state index in [0.717, 1.165) is 36.5 Å². The van der Waals surface area contributed by atoms with E-state index in [9.17, 15) is 10.2 Å².